The highest BCUT2D eigenvalue weighted by Gasteiger charge is 2.19. The van der Waals surface area contributed by atoms with E-state index in [-0.39, 0.29) is 37.5 Å². The average molecular weight is 996 g/mol. The molecule has 0 rings (SSSR count). The molecule has 0 bridgehead atoms. The Morgan fingerprint density at radius 2 is 0.521 bits per heavy atom. The van der Waals surface area contributed by atoms with Gasteiger partial charge in [0.15, 0.2) is 6.10 Å². The summed E-state index contributed by atoms with van der Waals surface area (Å²) in [5, 5.41) is 0. The molecule has 0 saturated heterocycles. The Morgan fingerprint density at radius 3 is 0.845 bits per heavy atom. The zero-order valence-electron chi connectivity index (χ0n) is 47.5. The van der Waals surface area contributed by atoms with E-state index in [0.717, 1.165) is 64.2 Å². The van der Waals surface area contributed by atoms with Gasteiger partial charge in [-0.25, -0.2) is 0 Å². The molecule has 0 radical (unpaired) electrons. The fourth-order valence-corrected chi connectivity index (χ4v) is 9.14. The van der Waals surface area contributed by atoms with Gasteiger partial charge in [0.1, 0.15) is 13.2 Å². The third kappa shape index (κ3) is 58.1. The Hall–Kier alpha value is -2.63. The first kappa shape index (κ1) is 68.4. The van der Waals surface area contributed by atoms with E-state index in [1.807, 2.05) is 0 Å². The maximum Gasteiger partial charge on any atom is 0.306 e. The number of ether oxygens (including phenoxy) is 3. The molecule has 0 unspecified atom stereocenters. The molecule has 0 N–H and O–H groups in total. The Bertz CT molecular complexity index is 1230. The summed E-state index contributed by atoms with van der Waals surface area (Å²) in [6.07, 6.45) is 74.0. The summed E-state index contributed by atoms with van der Waals surface area (Å²) in [6, 6.07) is 0. The van der Waals surface area contributed by atoms with Crippen molar-refractivity contribution in [1.82, 2.24) is 0 Å². The normalized spacial score (nSPS) is 12.3. The van der Waals surface area contributed by atoms with Gasteiger partial charge in [-0.1, -0.05) is 301 Å². The largest absolute Gasteiger partial charge is 0.462 e. The van der Waals surface area contributed by atoms with Gasteiger partial charge < -0.3 is 14.2 Å². The molecule has 1 atom stereocenters. The van der Waals surface area contributed by atoms with Gasteiger partial charge in [0, 0.05) is 19.3 Å². The first-order valence-electron chi connectivity index (χ1n) is 31.1. The van der Waals surface area contributed by atoms with Gasteiger partial charge >= 0.3 is 17.9 Å². The van der Waals surface area contributed by atoms with Crippen LogP contribution >= 0.6 is 0 Å². The van der Waals surface area contributed by atoms with E-state index >= 15 is 0 Å². The van der Waals surface area contributed by atoms with Crippen LogP contribution in [-0.4, -0.2) is 37.2 Å². The van der Waals surface area contributed by atoms with Crippen LogP contribution < -0.4 is 0 Å². The first-order chi connectivity index (χ1) is 35.0. The molecule has 71 heavy (non-hydrogen) atoms. The van der Waals surface area contributed by atoms with Crippen LogP contribution in [0, 0.1) is 0 Å². The zero-order chi connectivity index (χ0) is 51.4. The molecule has 0 heterocycles. The predicted molar refractivity (Wildman–Crippen MR) is 307 cm³/mol. The number of allylic oxidation sites excluding steroid dienone is 8. The molecule has 0 fully saturated rings. The van der Waals surface area contributed by atoms with Crippen molar-refractivity contribution < 1.29 is 28.6 Å². The smallest absolute Gasteiger partial charge is 0.306 e. The number of hydrogen-bond donors (Lipinski definition) is 0. The third-order valence-electron chi connectivity index (χ3n) is 13.8. The molecule has 6 nitrogen and oxygen atoms in total. The maximum absolute atomic E-state index is 12.9. The van der Waals surface area contributed by atoms with Crippen LogP contribution in [0.2, 0.25) is 0 Å². The number of esters is 3. The lowest BCUT2D eigenvalue weighted by atomic mass is 10.0. The fourth-order valence-electron chi connectivity index (χ4n) is 9.14. The molecular formula is C65H118O6. The minimum absolute atomic E-state index is 0.0851. The highest BCUT2D eigenvalue weighted by atomic mass is 16.6. The van der Waals surface area contributed by atoms with E-state index in [4.69, 9.17) is 14.2 Å². The first-order valence-corrected chi connectivity index (χ1v) is 31.1. The quantitative estimate of drug-likeness (QED) is 0.0261. The van der Waals surface area contributed by atoms with Crippen LogP contribution in [0.3, 0.4) is 0 Å². The van der Waals surface area contributed by atoms with E-state index < -0.39 is 6.10 Å². The Balaban J connectivity index is 4.40. The number of rotatable bonds is 57. The third-order valence-corrected chi connectivity index (χ3v) is 13.8. The van der Waals surface area contributed by atoms with Crippen LogP contribution in [0.15, 0.2) is 48.6 Å². The summed E-state index contributed by atoms with van der Waals surface area (Å²) in [4.78, 5) is 38.2. The molecule has 0 aliphatic heterocycles. The molecule has 0 aromatic heterocycles. The van der Waals surface area contributed by atoms with Gasteiger partial charge in [-0.3, -0.25) is 14.4 Å². The van der Waals surface area contributed by atoms with Gasteiger partial charge in [-0.2, -0.15) is 0 Å². The molecule has 0 aliphatic carbocycles. The molecule has 414 valence electrons. The summed E-state index contributed by atoms with van der Waals surface area (Å²) in [7, 11) is 0. The van der Waals surface area contributed by atoms with Gasteiger partial charge in [-0.05, 0) is 57.8 Å². The molecular weight excluding hydrogens is 877 g/mol. The lowest BCUT2D eigenvalue weighted by Gasteiger charge is -2.18. The lowest BCUT2D eigenvalue weighted by molar-refractivity contribution is -0.167. The highest BCUT2D eigenvalue weighted by Crippen LogP contribution is 2.17. The van der Waals surface area contributed by atoms with Gasteiger partial charge in [0.25, 0.3) is 0 Å². The molecule has 0 amide bonds. The fraction of sp³-hybridized carbons (Fsp3) is 0.831. The predicted octanol–water partition coefficient (Wildman–Crippen LogP) is 21.0. The van der Waals surface area contributed by atoms with Crippen LogP contribution in [0.5, 0.6) is 0 Å². The monoisotopic (exact) mass is 995 g/mol. The van der Waals surface area contributed by atoms with Crippen molar-refractivity contribution in [3.8, 4) is 0 Å². The lowest BCUT2D eigenvalue weighted by Crippen LogP contribution is -2.30. The van der Waals surface area contributed by atoms with Crippen LogP contribution in [-0.2, 0) is 28.6 Å². The van der Waals surface area contributed by atoms with Gasteiger partial charge in [0.05, 0.1) is 0 Å². The number of unbranched alkanes of at least 4 members (excludes halogenated alkanes) is 38. The van der Waals surface area contributed by atoms with E-state index in [2.05, 4.69) is 69.4 Å². The van der Waals surface area contributed by atoms with Crippen molar-refractivity contribution in [2.24, 2.45) is 0 Å². The van der Waals surface area contributed by atoms with Gasteiger partial charge in [-0.15, -0.1) is 0 Å². The summed E-state index contributed by atoms with van der Waals surface area (Å²) in [5.41, 5.74) is 0. The molecule has 6 heteroatoms. The van der Waals surface area contributed by atoms with Crippen molar-refractivity contribution in [1.29, 1.82) is 0 Å². The van der Waals surface area contributed by atoms with Crippen molar-refractivity contribution >= 4 is 17.9 Å². The number of hydrogen-bond acceptors (Lipinski definition) is 6. The maximum atomic E-state index is 12.9. The van der Waals surface area contributed by atoms with Gasteiger partial charge in [0.2, 0.25) is 0 Å². The highest BCUT2D eigenvalue weighted by molar-refractivity contribution is 5.71. The van der Waals surface area contributed by atoms with E-state index in [1.54, 1.807) is 0 Å². The van der Waals surface area contributed by atoms with Crippen LogP contribution in [0.4, 0.5) is 0 Å². The van der Waals surface area contributed by atoms with E-state index in [9.17, 15) is 14.4 Å². The van der Waals surface area contributed by atoms with Crippen molar-refractivity contribution in [2.45, 2.75) is 335 Å². The minimum Gasteiger partial charge on any atom is -0.462 e. The van der Waals surface area contributed by atoms with E-state index in [0.29, 0.717) is 19.3 Å². The number of carbonyl (C=O) groups excluding carboxylic acids is 3. The van der Waals surface area contributed by atoms with Crippen molar-refractivity contribution in [2.75, 3.05) is 13.2 Å². The Morgan fingerprint density at radius 1 is 0.282 bits per heavy atom. The van der Waals surface area contributed by atoms with Crippen LogP contribution in [0.1, 0.15) is 329 Å². The second-order valence-corrected chi connectivity index (χ2v) is 21.0. The summed E-state index contributed by atoms with van der Waals surface area (Å²) in [6.45, 7) is 6.62. The minimum atomic E-state index is -0.792. The molecule has 0 aliphatic rings. The summed E-state index contributed by atoms with van der Waals surface area (Å²) in [5.74, 6) is -0.922. The van der Waals surface area contributed by atoms with Crippen molar-refractivity contribution in [3.63, 3.8) is 0 Å². The summed E-state index contributed by atoms with van der Waals surface area (Å²) < 4.78 is 16.9. The Labute approximate surface area is 441 Å². The second kappa shape index (κ2) is 59.9. The topological polar surface area (TPSA) is 78.9 Å². The summed E-state index contributed by atoms with van der Waals surface area (Å²) >= 11 is 0. The number of carbonyl (C=O) groups is 3. The average Bonchev–Trinajstić information content (AvgIpc) is 3.37. The standard InChI is InChI=1S/C65H118O6/c1-4-7-10-13-16-19-22-25-28-31-34-37-40-43-46-49-52-55-58-64(67)70-61-62(60-69-63(66)57-54-51-48-45-42-39-36-33-30-27-24-21-18-15-12-9-6-3)71-65(68)59-56-53-50-47-44-41-38-35-32-29-26-23-20-17-14-11-8-5-2/h18,21,27,30,36,39,45,48,62H,4-17,19-20,22-26,28-29,31-35,37-38,40-44,46-47,49-61H2,1-3H3/b21-18+,30-27+,39-36+,48-45+/t62-/m1/s1. The van der Waals surface area contributed by atoms with Crippen LogP contribution in [0.25, 0.3) is 0 Å². The second-order valence-electron chi connectivity index (χ2n) is 21.0. The SMILES string of the molecule is CCCCC/C=C/C/C=C/C/C=C/C/C=C/CCCC(=O)OC[C@H](COC(=O)CCCCCCCCCCCCCCCCCCCC)OC(=O)CCCCCCCCCCCCCCCCCCCC. The van der Waals surface area contributed by atoms with Crippen molar-refractivity contribution in [3.05, 3.63) is 48.6 Å². The molecule has 0 aromatic rings. The Kier molecular flexibility index (Phi) is 57.7. The molecule has 0 saturated carbocycles. The van der Waals surface area contributed by atoms with E-state index in [1.165, 1.54) is 218 Å². The molecule has 0 spiro atoms. The molecule has 0 aromatic carbocycles. The zero-order valence-corrected chi connectivity index (χ0v) is 47.5.